The van der Waals surface area contributed by atoms with Gasteiger partial charge in [-0.3, -0.25) is 0 Å². The lowest BCUT2D eigenvalue weighted by Crippen LogP contribution is -2.05. The van der Waals surface area contributed by atoms with E-state index in [2.05, 4.69) is 31.5 Å². The van der Waals surface area contributed by atoms with Crippen molar-refractivity contribution in [1.82, 2.24) is 20.2 Å². The van der Waals surface area contributed by atoms with Crippen molar-refractivity contribution < 1.29 is 0 Å². The zero-order valence-electron chi connectivity index (χ0n) is 9.05. The summed E-state index contributed by atoms with van der Waals surface area (Å²) < 4.78 is 2.68. The molecule has 0 saturated heterocycles. The Morgan fingerprint density at radius 3 is 2.69 bits per heavy atom. The molecule has 0 fully saturated rings. The van der Waals surface area contributed by atoms with Crippen LogP contribution in [0.2, 0.25) is 0 Å². The quantitative estimate of drug-likeness (QED) is 0.858. The third-order valence-electron chi connectivity index (χ3n) is 2.16. The van der Waals surface area contributed by atoms with Crippen LogP contribution in [-0.2, 0) is 0 Å². The molecule has 2 rings (SSSR count). The number of anilines is 1. The van der Waals surface area contributed by atoms with Gasteiger partial charge >= 0.3 is 0 Å². The fraction of sp³-hybridized carbons (Fsp3) is 0.300. The Hall–Kier alpha value is -1.43. The molecule has 1 heterocycles. The number of hydrogen-bond donors (Lipinski definition) is 1. The molecule has 6 heteroatoms. The normalized spacial score (nSPS) is 11.0. The molecule has 0 atom stereocenters. The molecule has 0 bridgehead atoms. The number of benzene rings is 1. The standard InChI is InChI=1S/C10H12BrN5/c1-6(2)16-10(13-14-15-16)7-3-8(11)5-9(12)4-7/h3-6H,12H2,1-2H3. The molecule has 84 valence electrons. The lowest BCUT2D eigenvalue weighted by Gasteiger charge is -2.08. The number of rotatable bonds is 2. The summed E-state index contributed by atoms with van der Waals surface area (Å²) in [7, 11) is 0. The van der Waals surface area contributed by atoms with Crippen LogP contribution in [0.15, 0.2) is 22.7 Å². The summed E-state index contributed by atoms with van der Waals surface area (Å²) >= 11 is 3.40. The minimum atomic E-state index is 0.213. The van der Waals surface area contributed by atoms with Gasteiger partial charge in [0, 0.05) is 15.7 Å². The highest BCUT2D eigenvalue weighted by atomic mass is 79.9. The van der Waals surface area contributed by atoms with Crippen LogP contribution in [-0.4, -0.2) is 20.2 Å². The Bertz CT molecular complexity index is 485. The molecule has 0 amide bonds. The van der Waals surface area contributed by atoms with Gasteiger partial charge in [0.25, 0.3) is 0 Å². The third kappa shape index (κ3) is 2.06. The lowest BCUT2D eigenvalue weighted by atomic mass is 10.2. The summed E-state index contributed by atoms with van der Waals surface area (Å²) in [6.45, 7) is 4.06. The maximum atomic E-state index is 5.78. The fourth-order valence-electron chi connectivity index (χ4n) is 1.47. The average Bonchev–Trinajstić information content (AvgIpc) is 2.63. The van der Waals surface area contributed by atoms with Gasteiger partial charge < -0.3 is 5.73 Å². The molecule has 0 unspecified atom stereocenters. The van der Waals surface area contributed by atoms with E-state index in [1.54, 1.807) is 4.68 Å². The third-order valence-corrected chi connectivity index (χ3v) is 2.62. The van der Waals surface area contributed by atoms with Crippen molar-refractivity contribution in [2.45, 2.75) is 19.9 Å². The molecule has 5 nitrogen and oxygen atoms in total. The van der Waals surface area contributed by atoms with Gasteiger partial charge in [-0.25, -0.2) is 4.68 Å². The van der Waals surface area contributed by atoms with Gasteiger partial charge in [0.1, 0.15) is 0 Å². The van der Waals surface area contributed by atoms with Crippen molar-refractivity contribution in [3.63, 3.8) is 0 Å². The van der Waals surface area contributed by atoms with Crippen molar-refractivity contribution >= 4 is 21.6 Å². The molecule has 0 radical (unpaired) electrons. The van der Waals surface area contributed by atoms with Crippen LogP contribution < -0.4 is 5.73 Å². The first-order chi connectivity index (χ1) is 7.58. The Morgan fingerprint density at radius 1 is 1.31 bits per heavy atom. The average molecular weight is 282 g/mol. The second-order valence-corrected chi connectivity index (χ2v) is 4.73. The topological polar surface area (TPSA) is 69.6 Å². The number of aromatic nitrogens is 4. The van der Waals surface area contributed by atoms with Crippen molar-refractivity contribution in [3.05, 3.63) is 22.7 Å². The number of nitrogen functional groups attached to an aromatic ring is 1. The summed E-state index contributed by atoms with van der Waals surface area (Å²) in [5, 5.41) is 11.7. The maximum absolute atomic E-state index is 5.78. The molecule has 0 aliphatic rings. The van der Waals surface area contributed by atoms with Crippen LogP contribution in [0.1, 0.15) is 19.9 Å². The van der Waals surface area contributed by atoms with Gasteiger partial charge in [-0.05, 0) is 42.5 Å². The van der Waals surface area contributed by atoms with Gasteiger partial charge in [-0.1, -0.05) is 15.9 Å². The van der Waals surface area contributed by atoms with E-state index in [1.807, 2.05) is 32.0 Å². The van der Waals surface area contributed by atoms with E-state index in [1.165, 1.54) is 0 Å². The molecule has 16 heavy (non-hydrogen) atoms. The van der Waals surface area contributed by atoms with Gasteiger partial charge in [0.05, 0.1) is 6.04 Å². The highest BCUT2D eigenvalue weighted by molar-refractivity contribution is 9.10. The molecule has 1 aromatic heterocycles. The first kappa shape index (κ1) is 11.1. The van der Waals surface area contributed by atoms with Crippen molar-refractivity contribution in [2.24, 2.45) is 0 Å². The summed E-state index contributed by atoms with van der Waals surface area (Å²) in [4.78, 5) is 0. The van der Waals surface area contributed by atoms with Crippen LogP contribution in [0.5, 0.6) is 0 Å². The SMILES string of the molecule is CC(C)n1nnnc1-c1cc(N)cc(Br)c1. The zero-order valence-corrected chi connectivity index (χ0v) is 10.6. The Labute approximate surface area is 102 Å². The Morgan fingerprint density at radius 2 is 2.06 bits per heavy atom. The largest absolute Gasteiger partial charge is 0.399 e. The molecule has 0 aliphatic carbocycles. The Balaban J connectivity index is 2.54. The smallest absolute Gasteiger partial charge is 0.182 e. The number of halogens is 1. The number of tetrazole rings is 1. The molecule has 1 aromatic carbocycles. The monoisotopic (exact) mass is 281 g/mol. The Kier molecular flexibility index (Phi) is 2.91. The van der Waals surface area contributed by atoms with E-state index >= 15 is 0 Å². The summed E-state index contributed by atoms with van der Waals surface area (Å²) in [6, 6.07) is 5.86. The lowest BCUT2D eigenvalue weighted by molar-refractivity contribution is 0.519. The molecule has 0 saturated carbocycles. The van der Waals surface area contributed by atoms with E-state index in [9.17, 15) is 0 Å². The fourth-order valence-corrected chi connectivity index (χ4v) is 1.98. The minimum absolute atomic E-state index is 0.213. The zero-order chi connectivity index (χ0) is 11.7. The summed E-state index contributed by atoms with van der Waals surface area (Å²) in [5.41, 5.74) is 7.37. The van der Waals surface area contributed by atoms with Gasteiger partial charge in [0.2, 0.25) is 0 Å². The van der Waals surface area contributed by atoms with Crippen LogP contribution >= 0.6 is 15.9 Å². The second kappa shape index (κ2) is 4.21. The first-order valence-corrected chi connectivity index (χ1v) is 5.71. The predicted molar refractivity (Wildman–Crippen MR) is 65.8 cm³/mol. The van der Waals surface area contributed by atoms with Crippen LogP contribution in [0.3, 0.4) is 0 Å². The molecule has 0 spiro atoms. The first-order valence-electron chi connectivity index (χ1n) is 4.92. The summed E-state index contributed by atoms with van der Waals surface area (Å²) in [5.74, 6) is 0.725. The van der Waals surface area contributed by atoms with E-state index < -0.39 is 0 Å². The summed E-state index contributed by atoms with van der Waals surface area (Å²) in [6.07, 6.45) is 0. The molecular formula is C10H12BrN5. The number of hydrogen-bond acceptors (Lipinski definition) is 4. The van der Waals surface area contributed by atoms with Gasteiger partial charge in [-0.15, -0.1) is 5.10 Å². The van der Waals surface area contributed by atoms with Crippen LogP contribution in [0.4, 0.5) is 5.69 Å². The number of nitrogens with two attached hydrogens (primary N) is 1. The molecule has 2 N–H and O–H groups in total. The number of nitrogens with zero attached hydrogens (tertiary/aromatic N) is 4. The molecule has 0 aliphatic heterocycles. The highest BCUT2D eigenvalue weighted by Crippen LogP contribution is 2.25. The van der Waals surface area contributed by atoms with E-state index in [-0.39, 0.29) is 6.04 Å². The van der Waals surface area contributed by atoms with Crippen molar-refractivity contribution in [1.29, 1.82) is 0 Å². The van der Waals surface area contributed by atoms with E-state index in [0.717, 1.165) is 15.9 Å². The van der Waals surface area contributed by atoms with Gasteiger partial charge in [-0.2, -0.15) is 0 Å². The molecular weight excluding hydrogens is 270 g/mol. The van der Waals surface area contributed by atoms with Crippen molar-refractivity contribution in [3.8, 4) is 11.4 Å². The van der Waals surface area contributed by atoms with Crippen LogP contribution in [0.25, 0.3) is 11.4 Å². The highest BCUT2D eigenvalue weighted by Gasteiger charge is 2.12. The van der Waals surface area contributed by atoms with Gasteiger partial charge in [0.15, 0.2) is 5.82 Å². The minimum Gasteiger partial charge on any atom is -0.399 e. The maximum Gasteiger partial charge on any atom is 0.182 e. The van der Waals surface area contributed by atoms with Crippen LogP contribution in [0, 0.1) is 0 Å². The molecule has 2 aromatic rings. The van der Waals surface area contributed by atoms with E-state index in [0.29, 0.717) is 5.69 Å². The van der Waals surface area contributed by atoms with Crippen molar-refractivity contribution in [2.75, 3.05) is 5.73 Å². The second-order valence-electron chi connectivity index (χ2n) is 3.81. The predicted octanol–water partition coefficient (Wildman–Crippen LogP) is 2.27. The van der Waals surface area contributed by atoms with E-state index in [4.69, 9.17) is 5.73 Å².